The Labute approximate surface area is 158 Å². The predicted octanol–water partition coefficient (Wildman–Crippen LogP) is 3.48. The van der Waals surface area contributed by atoms with Crippen LogP contribution in [0.4, 0.5) is 10.1 Å². The third-order valence-electron chi connectivity index (χ3n) is 3.88. The molecule has 0 atom stereocenters. The van der Waals surface area contributed by atoms with Crippen LogP contribution in [0.3, 0.4) is 0 Å². The molecule has 0 aliphatic heterocycles. The fourth-order valence-corrected chi connectivity index (χ4v) is 2.71. The molecular formula is C21H21FN2O3. The van der Waals surface area contributed by atoms with E-state index in [1.54, 1.807) is 0 Å². The maximum Gasteiger partial charge on any atom is 0.310 e. The van der Waals surface area contributed by atoms with Crippen molar-refractivity contribution in [3.05, 3.63) is 65.0 Å². The Hall–Kier alpha value is -3.20. The largest absolute Gasteiger partial charge is 0.455 e. The topological polar surface area (TPSA) is 70.4 Å². The number of nitrogens with zero attached hydrogens (tertiary/aromatic N) is 2. The smallest absolute Gasteiger partial charge is 0.310 e. The van der Waals surface area contributed by atoms with Crippen molar-refractivity contribution in [1.82, 2.24) is 0 Å². The molecule has 0 aromatic heterocycles. The number of carbonyl (C=O) groups excluding carboxylic acids is 2. The van der Waals surface area contributed by atoms with Crippen LogP contribution in [0.15, 0.2) is 42.5 Å². The normalized spacial score (nSPS) is 10.1. The number of rotatable bonds is 7. The molecule has 0 heterocycles. The fraction of sp³-hybridized carbons (Fsp3) is 0.286. The van der Waals surface area contributed by atoms with Gasteiger partial charge in [-0.25, -0.2) is 4.39 Å². The van der Waals surface area contributed by atoms with Crippen LogP contribution in [-0.2, 0) is 20.7 Å². The van der Waals surface area contributed by atoms with E-state index in [-0.39, 0.29) is 25.2 Å². The average molecular weight is 368 g/mol. The van der Waals surface area contributed by atoms with Gasteiger partial charge in [-0.1, -0.05) is 18.2 Å². The summed E-state index contributed by atoms with van der Waals surface area (Å²) in [6, 6.07) is 13.2. The fourth-order valence-electron chi connectivity index (χ4n) is 2.71. The molecule has 0 aliphatic carbocycles. The highest BCUT2D eigenvalue weighted by molar-refractivity contribution is 5.95. The molecule has 1 amide bonds. The highest BCUT2D eigenvalue weighted by Crippen LogP contribution is 2.19. The molecule has 2 rings (SSSR count). The first kappa shape index (κ1) is 20.1. The van der Waals surface area contributed by atoms with E-state index in [0.717, 1.165) is 11.1 Å². The van der Waals surface area contributed by atoms with Gasteiger partial charge in [-0.15, -0.1) is 0 Å². The highest BCUT2D eigenvalue weighted by atomic mass is 19.1. The number of nitriles is 1. The van der Waals surface area contributed by atoms with Gasteiger partial charge in [0.2, 0.25) is 0 Å². The molecule has 2 aromatic carbocycles. The Bertz CT molecular complexity index is 836. The van der Waals surface area contributed by atoms with Gasteiger partial charge in [0.05, 0.1) is 18.9 Å². The van der Waals surface area contributed by atoms with Crippen molar-refractivity contribution < 1.29 is 18.7 Å². The maximum atomic E-state index is 12.9. The van der Waals surface area contributed by atoms with E-state index in [0.29, 0.717) is 11.3 Å². The monoisotopic (exact) mass is 368 g/mol. The number of carbonyl (C=O) groups is 2. The molecule has 27 heavy (non-hydrogen) atoms. The van der Waals surface area contributed by atoms with Crippen LogP contribution in [0.25, 0.3) is 0 Å². The minimum absolute atomic E-state index is 0.0463. The number of benzene rings is 2. The number of aryl methyl sites for hydroxylation is 2. The summed E-state index contributed by atoms with van der Waals surface area (Å²) in [6.07, 6.45) is 0.123. The van der Waals surface area contributed by atoms with Crippen molar-refractivity contribution in [3.63, 3.8) is 0 Å². The molecule has 0 saturated carbocycles. The van der Waals surface area contributed by atoms with E-state index < -0.39 is 18.5 Å². The Morgan fingerprint density at radius 1 is 1.11 bits per heavy atom. The molecule has 6 heteroatoms. The van der Waals surface area contributed by atoms with Crippen molar-refractivity contribution >= 4 is 17.6 Å². The van der Waals surface area contributed by atoms with Crippen LogP contribution in [0.5, 0.6) is 0 Å². The molecule has 0 spiro atoms. The van der Waals surface area contributed by atoms with Gasteiger partial charge in [0.25, 0.3) is 5.91 Å². The second kappa shape index (κ2) is 9.48. The van der Waals surface area contributed by atoms with Gasteiger partial charge in [0.15, 0.2) is 6.61 Å². The Kier molecular flexibility index (Phi) is 7.07. The third-order valence-corrected chi connectivity index (χ3v) is 3.88. The first-order chi connectivity index (χ1) is 12.9. The van der Waals surface area contributed by atoms with Crippen molar-refractivity contribution in [1.29, 1.82) is 5.26 Å². The number of ether oxygens (including phenoxy) is 1. The van der Waals surface area contributed by atoms with Crippen LogP contribution < -0.4 is 4.90 Å². The first-order valence-electron chi connectivity index (χ1n) is 8.54. The van der Waals surface area contributed by atoms with E-state index in [2.05, 4.69) is 0 Å². The second-order valence-electron chi connectivity index (χ2n) is 6.26. The molecule has 0 saturated heterocycles. The zero-order valence-corrected chi connectivity index (χ0v) is 15.4. The van der Waals surface area contributed by atoms with E-state index in [1.165, 1.54) is 29.2 Å². The van der Waals surface area contributed by atoms with Crippen LogP contribution in [-0.4, -0.2) is 25.0 Å². The molecule has 5 nitrogen and oxygen atoms in total. The van der Waals surface area contributed by atoms with Crippen LogP contribution in [0.2, 0.25) is 0 Å². The summed E-state index contributed by atoms with van der Waals surface area (Å²) in [5.74, 6) is -1.36. The van der Waals surface area contributed by atoms with E-state index in [1.807, 2.05) is 38.1 Å². The van der Waals surface area contributed by atoms with Crippen molar-refractivity contribution in [3.8, 4) is 6.07 Å². The minimum atomic E-state index is -0.574. The van der Waals surface area contributed by atoms with Crippen LogP contribution >= 0.6 is 0 Å². The molecule has 0 aliphatic rings. The lowest BCUT2D eigenvalue weighted by atomic mass is 10.1. The Morgan fingerprint density at radius 2 is 1.74 bits per heavy atom. The third kappa shape index (κ3) is 6.23. The molecule has 0 fully saturated rings. The van der Waals surface area contributed by atoms with E-state index in [9.17, 15) is 14.0 Å². The van der Waals surface area contributed by atoms with Gasteiger partial charge in [-0.05, 0) is 54.8 Å². The molecule has 0 N–H and O–H groups in total. The average Bonchev–Trinajstić information content (AvgIpc) is 2.61. The lowest BCUT2D eigenvalue weighted by Gasteiger charge is -2.22. The standard InChI is InChI=1S/C21H21FN2O3/c1-15-10-16(2)12-19(11-15)24(9-3-8-23)20(25)14-27-21(26)13-17-4-6-18(22)7-5-17/h4-7,10-12H,3,9,13-14H2,1-2H3. The summed E-state index contributed by atoms with van der Waals surface area (Å²) < 4.78 is 18.0. The summed E-state index contributed by atoms with van der Waals surface area (Å²) in [5.41, 5.74) is 3.26. The molecule has 2 aromatic rings. The van der Waals surface area contributed by atoms with Gasteiger partial charge >= 0.3 is 5.97 Å². The highest BCUT2D eigenvalue weighted by Gasteiger charge is 2.18. The number of hydrogen-bond acceptors (Lipinski definition) is 4. The number of amides is 1. The van der Waals surface area contributed by atoms with Crippen LogP contribution in [0.1, 0.15) is 23.1 Å². The van der Waals surface area contributed by atoms with Gasteiger partial charge in [0.1, 0.15) is 5.82 Å². The summed E-state index contributed by atoms with van der Waals surface area (Å²) in [6.45, 7) is 3.64. The minimum Gasteiger partial charge on any atom is -0.455 e. The Balaban J connectivity index is 2.01. The summed E-state index contributed by atoms with van der Waals surface area (Å²) >= 11 is 0. The molecule has 0 unspecified atom stereocenters. The molecule has 0 radical (unpaired) electrons. The van der Waals surface area contributed by atoms with Gasteiger partial charge in [-0.3, -0.25) is 9.59 Å². The maximum absolute atomic E-state index is 12.9. The molecular weight excluding hydrogens is 347 g/mol. The van der Waals surface area contributed by atoms with Crippen molar-refractivity contribution in [2.24, 2.45) is 0 Å². The summed E-state index contributed by atoms with van der Waals surface area (Å²) in [7, 11) is 0. The SMILES string of the molecule is Cc1cc(C)cc(N(CCC#N)C(=O)COC(=O)Cc2ccc(F)cc2)c1. The summed E-state index contributed by atoms with van der Waals surface area (Å²) in [5, 5.41) is 8.85. The predicted molar refractivity (Wildman–Crippen MR) is 99.6 cm³/mol. The van der Waals surface area contributed by atoms with Crippen molar-refractivity contribution in [2.75, 3.05) is 18.1 Å². The van der Waals surface area contributed by atoms with Gasteiger partial charge < -0.3 is 9.64 Å². The molecule has 0 bridgehead atoms. The number of hydrogen-bond donors (Lipinski definition) is 0. The zero-order valence-electron chi connectivity index (χ0n) is 15.4. The lowest BCUT2D eigenvalue weighted by Crippen LogP contribution is -2.35. The Morgan fingerprint density at radius 3 is 2.33 bits per heavy atom. The van der Waals surface area contributed by atoms with Crippen LogP contribution in [0, 0.1) is 31.0 Å². The molecule has 140 valence electrons. The zero-order chi connectivity index (χ0) is 19.8. The number of esters is 1. The van der Waals surface area contributed by atoms with Gasteiger partial charge in [0, 0.05) is 12.2 Å². The van der Waals surface area contributed by atoms with E-state index >= 15 is 0 Å². The summed E-state index contributed by atoms with van der Waals surface area (Å²) in [4.78, 5) is 26.0. The number of anilines is 1. The van der Waals surface area contributed by atoms with Crippen molar-refractivity contribution in [2.45, 2.75) is 26.7 Å². The van der Waals surface area contributed by atoms with E-state index in [4.69, 9.17) is 10.00 Å². The first-order valence-corrected chi connectivity index (χ1v) is 8.54. The second-order valence-corrected chi connectivity index (χ2v) is 6.26. The number of halogens is 1. The van der Waals surface area contributed by atoms with Gasteiger partial charge in [-0.2, -0.15) is 5.26 Å². The lowest BCUT2D eigenvalue weighted by molar-refractivity contribution is -0.147. The quantitative estimate of drug-likeness (QED) is 0.702.